The molecule has 0 saturated carbocycles. The molecule has 0 aliphatic heterocycles. The van der Waals surface area contributed by atoms with Gasteiger partial charge in [-0.2, -0.15) is 0 Å². The quantitative estimate of drug-likeness (QED) is 0.210. The van der Waals surface area contributed by atoms with Gasteiger partial charge in [0, 0.05) is 35.4 Å². The van der Waals surface area contributed by atoms with E-state index in [1.807, 2.05) is 32.9 Å². The molecule has 2 rings (SSSR count). The molecule has 0 aliphatic rings. The lowest BCUT2D eigenvalue weighted by atomic mass is 10.2. The molecule has 164 valence electrons. The molecule has 0 saturated heterocycles. The lowest BCUT2D eigenvalue weighted by Gasteiger charge is -2.16. The summed E-state index contributed by atoms with van der Waals surface area (Å²) in [5, 5.41) is 0.844. The summed E-state index contributed by atoms with van der Waals surface area (Å²) in [5.41, 5.74) is 1.31. The van der Waals surface area contributed by atoms with E-state index in [-0.39, 0.29) is 11.9 Å². The number of hydrogen-bond acceptors (Lipinski definition) is 5. The number of furan rings is 1. The Labute approximate surface area is 193 Å². The molecule has 0 unspecified atom stereocenters. The number of benzene rings is 1. The number of carbonyl (C=O) groups is 2. The highest BCUT2D eigenvalue weighted by Gasteiger charge is 2.18. The number of rotatable bonds is 10. The summed E-state index contributed by atoms with van der Waals surface area (Å²) in [4.78, 5) is 25.6. The van der Waals surface area contributed by atoms with Crippen LogP contribution in [0.15, 0.2) is 31.6 Å². The van der Waals surface area contributed by atoms with Crippen LogP contribution in [0, 0.1) is 0 Å². The molecular weight excluding hydrogens is 518 g/mol. The zero-order valence-electron chi connectivity index (χ0n) is 17.7. The lowest BCUT2D eigenvalue weighted by molar-refractivity contribution is -0.143. The van der Waals surface area contributed by atoms with Crippen LogP contribution in [-0.2, 0) is 14.3 Å². The van der Waals surface area contributed by atoms with Crippen LogP contribution in [-0.4, -0.2) is 43.1 Å². The first-order valence-corrected chi connectivity index (χ1v) is 11.6. The van der Waals surface area contributed by atoms with Gasteiger partial charge in [0.05, 0.1) is 17.7 Å². The summed E-state index contributed by atoms with van der Waals surface area (Å²) < 4.78 is 18.5. The van der Waals surface area contributed by atoms with E-state index in [1.165, 1.54) is 0 Å². The van der Waals surface area contributed by atoms with Crippen molar-refractivity contribution >= 4 is 60.3 Å². The fourth-order valence-corrected chi connectivity index (χ4v) is 4.29. The minimum absolute atomic E-state index is 0.0476. The topological polar surface area (TPSA) is 69.0 Å². The van der Waals surface area contributed by atoms with E-state index in [1.54, 1.807) is 17.9 Å². The molecule has 0 atom stereocenters. The summed E-state index contributed by atoms with van der Waals surface area (Å²) in [5.74, 6) is 0.875. The van der Waals surface area contributed by atoms with Crippen molar-refractivity contribution < 1.29 is 23.5 Å². The molecule has 0 radical (unpaired) electrons. The standard InChI is InChI=1S/C22H27Br2NO5/c1-5-25(6-2)19(26)11-14(4)18-12-15-16(23)13-17(24)22(21(15)30-18)29-10-8-9-20(27)28-7-3/h11-13H,5-10H2,1-4H3/b14-11+. The van der Waals surface area contributed by atoms with Crippen LogP contribution >= 0.6 is 31.9 Å². The van der Waals surface area contributed by atoms with Gasteiger partial charge in [0.25, 0.3) is 0 Å². The van der Waals surface area contributed by atoms with Gasteiger partial charge < -0.3 is 18.8 Å². The molecule has 2 aromatic rings. The Balaban J connectivity index is 2.26. The predicted molar refractivity (Wildman–Crippen MR) is 125 cm³/mol. The first kappa shape index (κ1) is 24.5. The molecule has 0 fully saturated rings. The molecule has 0 bridgehead atoms. The Morgan fingerprint density at radius 1 is 1.13 bits per heavy atom. The summed E-state index contributed by atoms with van der Waals surface area (Å²) in [6, 6.07) is 3.78. The number of nitrogens with zero attached hydrogens (tertiary/aromatic N) is 1. The molecule has 0 N–H and O–H groups in total. The SMILES string of the molecule is CCOC(=O)CCCOc1c(Br)cc(Br)c2cc(/C(C)=C/C(=O)N(CC)CC)oc12. The Hall–Kier alpha value is -1.80. The highest BCUT2D eigenvalue weighted by molar-refractivity contribution is 9.11. The fraction of sp³-hybridized carbons (Fsp3) is 0.455. The summed E-state index contributed by atoms with van der Waals surface area (Å²) in [6.45, 7) is 9.56. The molecule has 6 nitrogen and oxygen atoms in total. The molecule has 1 amide bonds. The van der Waals surface area contributed by atoms with E-state index in [0.717, 1.165) is 19.9 Å². The maximum atomic E-state index is 12.4. The van der Waals surface area contributed by atoms with Crippen LogP contribution < -0.4 is 4.74 Å². The largest absolute Gasteiger partial charge is 0.488 e. The van der Waals surface area contributed by atoms with Crippen molar-refractivity contribution in [2.24, 2.45) is 0 Å². The monoisotopic (exact) mass is 543 g/mol. The number of likely N-dealkylation sites (N-methyl/N-ethyl adjacent to an activating group) is 1. The van der Waals surface area contributed by atoms with Gasteiger partial charge >= 0.3 is 5.97 Å². The number of allylic oxidation sites excluding steroid dienone is 1. The van der Waals surface area contributed by atoms with Gasteiger partial charge in [0.2, 0.25) is 5.91 Å². The van der Waals surface area contributed by atoms with Gasteiger partial charge in [-0.1, -0.05) is 0 Å². The van der Waals surface area contributed by atoms with E-state index in [0.29, 0.717) is 56.2 Å². The van der Waals surface area contributed by atoms with Crippen molar-refractivity contribution in [2.45, 2.75) is 40.5 Å². The highest BCUT2D eigenvalue weighted by Crippen LogP contribution is 2.41. The van der Waals surface area contributed by atoms with Crippen molar-refractivity contribution in [3.8, 4) is 5.75 Å². The molecular formula is C22H27Br2NO5. The second kappa shape index (κ2) is 11.6. The number of amides is 1. The van der Waals surface area contributed by atoms with E-state index in [9.17, 15) is 9.59 Å². The number of halogens is 2. The van der Waals surface area contributed by atoms with E-state index < -0.39 is 0 Å². The van der Waals surface area contributed by atoms with Gasteiger partial charge in [0.15, 0.2) is 11.3 Å². The Kier molecular flexibility index (Phi) is 9.42. The van der Waals surface area contributed by atoms with Crippen molar-refractivity contribution in [3.63, 3.8) is 0 Å². The number of carbonyl (C=O) groups excluding carboxylic acids is 2. The third-order valence-electron chi connectivity index (χ3n) is 4.55. The van der Waals surface area contributed by atoms with Gasteiger partial charge in [-0.15, -0.1) is 0 Å². The zero-order chi connectivity index (χ0) is 22.3. The second-order valence-electron chi connectivity index (χ2n) is 6.62. The molecule has 30 heavy (non-hydrogen) atoms. The third kappa shape index (κ3) is 6.11. The molecule has 1 heterocycles. The minimum Gasteiger partial charge on any atom is -0.488 e. The van der Waals surface area contributed by atoms with Crippen LogP contribution in [0.4, 0.5) is 0 Å². The van der Waals surface area contributed by atoms with Crippen molar-refractivity contribution in [2.75, 3.05) is 26.3 Å². The second-order valence-corrected chi connectivity index (χ2v) is 8.33. The maximum Gasteiger partial charge on any atom is 0.305 e. The van der Waals surface area contributed by atoms with Crippen molar-refractivity contribution in [1.29, 1.82) is 0 Å². The average molecular weight is 545 g/mol. The molecule has 1 aromatic carbocycles. The van der Waals surface area contributed by atoms with Crippen LogP contribution in [0.25, 0.3) is 16.5 Å². The first-order chi connectivity index (χ1) is 14.3. The van der Waals surface area contributed by atoms with E-state index >= 15 is 0 Å². The number of fused-ring (bicyclic) bond motifs is 1. The Bertz CT molecular complexity index is 931. The molecule has 0 spiro atoms. The molecule has 8 heteroatoms. The maximum absolute atomic E-state index is 12.4. The van der Waals surface area contributed by atoms with Crippen LogP contribution in [0.3, 0.4) is 0 Å². The molecule has 1 aromatic heterocycles. The zero-order valence-corrected chi connectivity index (χ0v) is 20.9. The average Bonchev–Trinajstić information content (AvgIpc) is 3.14. The van der Waals surface area contributed by atoms with E-state index in [4.69, 9.17) is 13.9 Å². The highest BCUT2D eigenvalue weighted by atomic mass is 79.9. The Morgan fingerprint density at radius 2 is 1.83 bits per heavy atom. The Morgan fingerprint density at radius 3 is 2.47 bits per heavy atom. The minimum atomic E-state index is -0.236. The number of esters is 1. The van der Waals surface area contributed by atoms with Crippen LogP contribution in [0.5, 0.6) is 5.75 Å². The normalized spacial score (nSPS) is 11.6. The fourth-order valence-electron chi connectivity index (χ4n) is 2.94. The number of ether oxygens (including phenoxy) is 2. The van der Waals surface area contributed by atoms with Gasteiger partial charge in [-0.05, 0) is 83.7 Å². The van der Waals surface area contributed by atoms with Gasteiger partial charge in [-0.25, -0.2) is 0 Å². The smallest absolute Gasteiger partial charge is 0.305 e. The third-order valence-corrected chi connectivity index (χ3v) is 5.79. The van der Waals surface area contributed by atoms with E-state index in [2.05, 4.69) is 31.9 Å². The van der Waals surface area contributed by atoms with Crippen LogP contribution in [0.2, 0.25) is 0 Å². The van der Waals surface area contributed by atoms with Crippen LogP contribution in [0.1, 0.15) is 46.3 Å². The van der Waals surface area contributed by atoms with Crippen molar-refractivity contribution in [3.05, 3.63) is 32.9 Å². The predicted octanol–water partition coefficient (Wildman–Crippen LogP) is 5.95. The summed E-state index contributed by atoms with van der Waals surface area (Å²) in [7, 11) is 0. The summed E-state index contributed by atoms with van der Waals surface area (Å²) >= 11 is 7.07. The summed E-state index contributed by atoms with van der Waals surface area (Å²) in [6.07, 6.45) is 2.42. The van der Waals surface area contributed by atoms with Gasteiger partial charge in [-0.3, -0.25) is 9.59 Å². The van der Waals surface area contributed by atoms with Crippen molar-refractivity contribution in [1.82, 2.24) is 4.90 Å². The number of hydrogen-bond donors (Lipinski definition) is 0. The molecule has 0 aliphatic carbocycles. The lowest BCUT2D eigenvalue weighted by Crippen LogP contribution is -2.28. The first-order valence-electron chi connectivity index (χ1n) is 9.99. The van der Waals surface area contributed by atoms with Gasteiger partial charge in [0.1, 0.15) is 5.76 Å².